The van der Waals surface area contributed by atoms with E-state index < -0.39 is 0 Å². The first-order valence-corrected chi connectivity index (χ1v) is 8.40. The Morgan fingerprint density at radius 1 is 0.750 bits per heavy atom. The van der Waals surface area contributed by atoms with Crippen LogP contribution in [0.25, 0.3) is 12.2 Å². The van der Waals surface area contributed by atoms with E-state index in [1.807, 2.05) is 54.6 Å². The van der Waals surface area contributed by atoms with Crippen molar-refractivity contribution in [1.82, 2.24) is 0 Å². The zero-order valence-electron chi connectivity index (χ0n) is 12.9. The van der Waals surface area contributed by atoms with Gasteiger partial charge in [0, 0.05) is 15.7 Å². The lowest BCUT2D eigenvalue weighted by Gasteiger charge is -2.06. The number of amides is 1. The standard InChI is InChI=1S/C21H16BrNO/c22-19-12-10-18(11-13-19)21(24)23-20-14-8-17(9-15-20)7-6-16-4-2-1-3-5-16/h1-15H,(H,23,24). The summed E-state index contributed by atoms with van der Waals surface area (Å²) in [5.74, 6) is -0.116. The van der Waals surface area contributed by atoms with E-state index in [2.05, 4.69) is 45.5 Å². The number of benzene rings is 3. The third-order valence-corrected chi connectivity index (χ3v) is 4.07. The van der Waals surface area contributed by atoms with Crippen LogP contribution in [0.5, 0.6) is 0 Å². The highest BCUT2D eigenvalue weighted by Gasteiger charge is 2.05. The topological polar surface area (TPSA) is 29.1 Å². The summed E-state index contributed by atoms with van der Waals surface area (Å²) < 4.78 is 0.952. The molecule has 24 heavy (non-hydrogen) atoms. The Balaban J connectivity index is 1.65. The first-order valence-electron chi connectivity index (χ1n) is 7.61. The molecule has 0 aromatic heterocycles. The summed E-state index contributed by atoms with van der Waals surface area (Å²) in [6.07, 6.45) is 4.12. The summed E-state index contributed by atoms with van der Waals surface area (Å²) in [6.45, 7) is 0. The molecule has 0 heterocycles. The molecule has 0 radical (unpaired) electrons. The van der Waals surface area contributed by atoms with E-state index in [-0.39, 0.29) is 5.91 Å². The van der Waals surface area contributed by atoms with E-state index in [1.165, 1.54) is 0 Å². The van der Waals surface area contributed by atoms with Gasteiger partial charge in [-0.2, -0.15) is 0 Å². The third kappa shape index (κ3) is 4.43. The highest BCUT2D eigenvalue weighted by atomic mass is 79.9. The average Bonchev–Trinajstić information content (AvgIpc) is 2.62. The first kappa shape index (κ1) is 16.2. The largest absolute Gasteiger partial charge is 0.322 e. The molecule has 3 aromatic rings. The molecule has 0 saturated carbocycles. The number of hydrogen-bond acceptors (Lipinski definition) is 1. The fraction of sp³-hybridized carbons (Fsp3) is 0. The molecule has 0 atom stereocenters. The predicted molar refractivity (Wildman–Crippen MR) is 104 cm³/mol. The number of carbonyl (C=O) groups is 1. The molecule has 0 fully saturated rings. The van der Waals surface area contributed by atoms with Gasteiger partial charge in [0.1, 0.15) is 0 Å². The predicted octanol–water partition coefficient (Wildman–Crippen LogP) is 5.87. The number of rotatable bonds is 4. The summed E-state index contributed by atoms with van der Waals surface area (Å²) in [6, 6.07) is 25.2. The second-order valence-electron chi connectivity index (χ2n) is 5.33. The minimum atomic E-state index is -0.116. The normalized spacial score (nSPS) is 10.7. The second kappa shape index (κ2) is 7.75. The molecule has 2 nitrogen and oxygen atoms in total. The average molecular weight is 378 g/mol. The van der Waals surface area contributed by atoms with Crippen LogP contribution in [0.1, 0.15) is 21.5 Å². The fourth-order valence-electron chi connectivity index (χ4n) is 2.24. The van der Waals surface area contributed by atoms with Crippen LogP contribution in [0.15, 0.2) is 83.3 Å². The smallest absolute Gasteiger partial charge is 0.255 e. The molecule has 3 aromatic carbocycles. The van der Waals surface area contributed by atoms with E-state index in [4.69, 9.17) is 0 Å². The number of nitrogens with one attached hydrogen (secondary N) is 1. The quantitative estimate of drug-likeness (QED) is 0.565. The van der Waals surface area contributed by atoms with Crippen molar-refractivity contribution in [3.05, 3.63) is 100 Å². The maximum absolute atomic E-state index is 12.2. The van der Waals surface area contributed by atoms with Crippen molar-refractivity contribution < 1.29 is 4.79 Å². The SMILES string of the molecule is O=C(Nc1ccc(C=Cc2ccccc2)cc1)c1ccc(Br)cc1. The van der Waals surface area contributed by atoms with Gasteiger partial charge in [-0.3, -0.25) is 4.79 Å². The third-order valence-electron chi connectivity index (χ3n) is 3.54. The van der Waals surface area contributed by atoms with Crippen LogP contribution in [0.4, 0.5) is 5.69 Å². The second-order valence-corrected chi connectivity index (χ2v) is 6.24. The van der Waals surface area contributed by atoms with Gasteiger partial charge in [0.05, 0.1) is 0 Å². The van der Waals surface area contributed by atoms with E-state index in [1.54, 1.807) is 12.1 Å². The number of halogens is 1. The molecule has 0 aliphatic rings. The number of carbonyl (C=O) groups excluding carboxylic acids is 1. The molecule has 1 amide bonds. The Kier molecular flexibility index (Phi) is 5.24. The summed E-state index contributed by atoms with van der Waals surface area (Å²) in [5.41, 5.74) is 3.65. The van der Waals surface area contributed by atoms with E-state index in [9.17, 15) is 4.79 Å². The molecule has 3 heteroatoms. The van der Waals surface area contributed by atoms with Gasteiger partial charge in [0.2, 0.25) is 0 Å². The Morgan fingerprint density at radius 3 is 1.96 bits per heavy atom. The Labute approximate surface area is 150 Å². The maximum Gasteiger partial charge on any atom is 0.255 e. The van der Waals surface area contributed by atoms with Gasteiger partial charge in [-0.1, -0.05) is 70.5 Å². The Hall–Kier alpha value is -2.65. The van der Waals surface area contributed by atoms with Crippen LogP contribution in [-0.4, -0.2) is 5.91 Å². The minimum Gasteiger partial charge on any atom is -0.322 e. The molecule has 0 aliphatic carbocycles. The summed E-state index contributed by atoms with van der Waals surface area (Å²) >= 11 is 3.36. The molecule has 0 aliphatic heterocycles. The van der Waals surface area contributed by atoms with E-state index in [0.29, 0.717) is 5.56 Å². The lowest BCUT2D eigenvalue weighted by molar-refractivity contribution is 0.102. The monoisotopic (exact) mass is 377 g/mol. The van der Waals surface area contributed by atoms with E-state index in [0.717, 1.165) is 21.3 Å². The highest BCUT2D eigenvalue weighted by molar-refractivity contribution is 9.10. The van der Waals surface area contributed by atoms with Gasteiger partial charge in [0.25, 0.3) is 5.91 Å². The van der Waals surface area contributed by atoms with Crippen LogP contribution >= 0.6 is 15.9 Å². The molecule has 0 bridgehead atoms. The van der Waals surface area contributed by atoms with Crippen LogP contribution in [-0.2, 0) is 0 Å². The first-order chi connectivity index (χ1) is 11.7. The summed E-state index contributed by atoms with van der Waals surface area (Å²) in [7, 11) is 0. The molecule has 0 saturated heterocycles. The molecule has 0 unspecified atom stereocenters. The van der Waals surface area contributed by atoms with Crippen LogP contribution in [0, 0.1) is 0 Å². The van der Waals surface area contributed by atoms with Crippen molar-refractivity contribution in [2.24, 2.45) is 0 Å². The van der Waals surface area contributed by atoms with Gasteiger partial charge in [-0.15, -0.1) is 0 Å². The Bertz CT molecular complexity index is 837. The fourth-order valence-corrected chi connectivity index (χ4v) is 2.50. The zero-order chi connectivity index (χ0) is 16.8. The van der Waals surface area contributed by atoms with Crippen molar-refractivity contribution in [2.45, 2.75) is 0 Å². The van der Waals surface area contributed by atoms with Gasteiger partial charge in [0.15, 0.2) is 0 Å². The maximum atomic E-state index is 12.2. The van der Waals surface area contributed by atoms with Crippen molar-refractivity contribution >= 4 is 39.7 Å². The highest BCUT2D eigenvalue weighted by Crippen LogP contribution is 2.15. The van der Waals surface area contributed by atoms with Crippen molar-refractivity contribution in [3.63, 3.8) is 0 Å². The number of anilines is 1. The summed E-state index contributed by atoms with van der Waals surface area (Å²) in [4.78, 5) is 12.2. The van der Waals surface area contributed by atoms with Crippen molar-refractivity contribution in [1.29, 1.82) is 0 Å². The minimum absolute atomic E-state index is 0.116. The lowest BCUT2D eigenvalue weighted by atomic mass is 10.1. The lowest BCUT2D eigenvalue weighted by Crippen LogP contribution is -2.11. The van der Waals surface area contributed by atoms with Gasteiger partial charge >= 0.3 is 0 Å². The van der Waals surface area contributed by atoms with Crippen molar-refractivity contribution in [3.8, 4) is 0 Å². The molecule has 118 valence electrons. The molecular formula is C21H16BrNO. The van der Waals surface area contributed by atoms with Gasteiger partial charge in [-0.25, -0.2) is 0 Å². The van der Waals surface area contributed by atoms with Crippen LogP contribution < -0.4 is 5.32 Å². The van der Waals surface area contributed by atoms with Crippen LogP contribution in [0.3, 0.4) is 0 Å². The zero-order valence-corrected chi connectivity index (χ0v) is 14.5. The van der Waals surface area contributed by atoms with Crippen LogP contribution in [0.2, 0.25) is 0 Å². The summed E-state index contributed by atoms with van der Waals surface area (Å²) in [5, 5.41) is 2.90. The van der Waals surface area contributed by atoms with Gasteiger partial charge < -0.3 is 5.32 Å². The van der Waals surface area contributed by atoms with Crippen molar-refractivity contribution in [2.75, 3.05) is 5.32 Å². The Morgan fingerprint density at radius 2 is 1.33 bits per heavy atom. The molecule has 0 spiro atoms. The molecule has 1 N–H and O–H groups in total. The number of hydrogen-bond donors (Lipinski definition) is 1. The van der Waals surface area contributed by atoms with Gasteiger partial charge in [-0.05, 0) is 47.5 Å². The molecular weight excluding hydrogens is 362 g/mol. The molecule has 3 rings (SSSR count). The van der Waals surface area contributed by atoms with E-state index >= 15 is 0 Å².